The van der Waals surface area contributed by atoms with E-state index in [4.69, 9.17) is 9.47 Å². The highest BCUT2D eigenvalue weighted by Crippen LogP contribution is 2.32. The zero-order chi connectivity index (χ0) is 17.2. The number of carbonyl (C=O) groups excluding carboxylic acids is 1. The second kappa shape index (κ2) is 6.51. The molecule has 5 nitrogen and oxygen atoms in total. The summed E-state index contributed by atoms with van der Waals surface area (Å²) in [6.45, 7) is 3.49. The molecule has 3 aromatic rings. The highest BCUT2D eigenvalue weighted by molar-refractivity contribution is 5.88. The highest BCUT2D eigenvalue weighted by Gasteiger charge is 2.18. The van der Waals surface area contributed by atoms with Crippen LogP contribution in [0.4, 0.5) is 0 Å². The van der Waals surface area contributed by atoms with Crippen LogP contribution in [-0.4, -0.2) is 29.1 Å². The van der Waals surface area contributed by atoms with Crippen molar-refractivity contribution in [3.63, 3.8) is 0 Å². The number of nitrogens with zero attached hydrogens (tertiary/aromatic N) is 1. The number of aromatic amines is 1. The predicted molar refractivity (Wildman–Crippen MR) is 95.7 cm³/mol. The number of nitrogens with one attached hydrogen (secondary N) is 1. The minimum atomic E-state index is 0.116. The summed E-state index contributed by atoms with van der Waals surface area (Å²) < 4.78 is 10.8. The number of H-pyrrole nitrogens is 1. The van der Waals surface area contributed by atoms with Crippen molar-refractivity contribution in [1.29, 1.82) is 0 Å². The van der Waals surface area contributed by atoms with Gasteiger partial charge in [-0.05, 0) is 36.2 Å². The van der Waals surface area contributed by atoms with Gasteiger partial charge < -0.3 is 19.4 Å². The Morgan fingerprint density at radius 1 is 1.16 bits per heavy atom. The van der Waals surface area contributed by atoms with Crippen LogP contribution in [0.15, 0.2) is 48.7 Å². The molecule has 0 radical (unpaired) electrons. The Morgan fingerprint density at radius 2 is 2.00 bits per heavy atom. The number of amides is 1. The van der Waals surface area contributed by atoms with Gasteiger partial charge in [-0.2, -0.15) is 0 Å². The average molecular weight is 336 g/mol. The van der Waals surface area contributed by atoms with Gasteiger partial charge in [0.25, 0.3) is 0 Å². The first kappa shape index (κ1) is 15.6. The maximum atomic E-state index is 12.8. The number of carbonyl (C=O) groups is 1. The maximum absolute atomic E-state index is 12.8. The van der Waals surface area contributed by atoms with Crippen molar-refractivity contribution in [2.45, 2.75) is 19.9 Å². The second-order valence-corrected chi connectivity index (χ2v) is 6.13. The van der Waals surface area contributed by atoms with Crippen LogP contribution in [0.5, 0.6) is 11.5 Å². The topological polar surface area (TPSA) is 54.6 Å². The molecule has 0 aliphatic carbocycles. The standard InChI is InChI=1S/C20H20N2O3/c1-2-22(12-14-7-8-18-19(9-14)25-13-24-18)20(23)10-15-11-21-17-6-4-3-5-16(15)17/h3-9,11,21H,2,10,12-13H2,1H3. The number of aromatic nitrogens is 1. The maximum Gasteiger partial charge on any atom is 0.231 e. The van der Waals surface area contributed by atoms with Crippen molar-refractivity contribution in [3.8, 4) is 11.5 Å². The fourth-order valence-corrected chi connectivity index (χ4v) is 3.19. The van der Waals surface area contributed by atoms with Crippen LogP contribution >= 0.6 is 0 Å². The lowest BCUT2D eigenvalue weighted by atomic mass is 10.1. The largest absolute Gasteiger partial charge is 0.454 e. The summed E-state index contributed by atoms with van der Waals surface area (Å²) in [7, 11) is 0. The van der Waals surface area contributed by atoms with Crippen molar-refractivity contribution < 1.29 is 14.3 Å². The Bertz CT molecular complexity index is 916. The van der Waals surface area contributed by atoms with E-state index >= 15 is 0 Å². The summed E-state index contributed by atoms with van der Waals surface area (Å²) in [6, 6.07) is 13.9. The van der Waals surface area contributed by atoms with E-state index in [2.05, 4.69) is 4.98 Å². The molecule has 1 aromatic heterocycles. The van der Waals surface area contributed by atoms with Gasteiger partial charge in [-0.15, -0.1) is 0 Å². The van der Waals surface area contributed by atoms with Crippen LogP contribution in [0, 0.1) is 0 Å². The van der Waals surface area contributed by atoms with E-state index in [9.17, 15) is 4.79 Å². The number of hydrogen-bond acceptors (Lipinski definition) is 3. The third-order valence-electron chi connectivity index (χ3n) is 4.56. The third kappa shape index (κ3) is 3.05. The van der Waals surface area contributed by atoms with E-state index in [1.807, 2.05) is 60.5 Å². The van der Waals surface area contributed by atoms with Gasteiger partial charge in [-0.3, -0.25) is 4.79 Å². The summed E-state index contributed by atoms with van der Waals surface area (Å²) >= 11 is 0. The summed E-state index contributed by atoms with van der Waals surface area (Å²) in [5, 5.41) is 1.11. The van der Waals surface area contributed by atoms with Crippen LogP contribution in [-0.2, 0) is 17.8 Å². The van der Waals surface area contributed by atoms with E-state index in [1.165, 1.54) is 0 Å². The molecule has 0 fully saturated rings. The summed E-state index contributed by atoms with van der Waals surface area (Å²) in [4.78, 5) is 17.9. The zero-order valence-electron chi connectivity index (χ0n) is 14.1. The molecule has 0 atom stereocenters. The Morgan fingerprint density at radius 3 is 2.88 bits per heavy atom. The first-order chi connectivity index (χ1) is 12.2. The monoisotopic (exact) mass is 336 g/mol. The Labute approximate surface area is 146 Å². The molecular weight excluding hydrogens is 316 g/mol. The van der Waals surface area contributed by atoms with Gasteiger partial charge >= 0.3 is 0 Å². The molecule has 4 rings (SSSR count). The molecule has 0 saturated heterocycles. The summed E-state index contributed by atoms with van der Waals surface area (Å²) in [6.07, 6.45) is 2.32. The van der Waals surface area contributed by atoms with E-state index in [0.717, 1.165) is 33.5 Å². The van der Waals surface area contributed by atoms with Crippen molar-refractivity contribution in [2.75, 3.05) is 13.3 Å². The average Bonchev–Trinajstić information content (AvgIpc) is 3.26. The van der Waals surface area contributed by atoms with Crippen molar-refractivity contribution >= 4 is 16.8 Å². The van der Waals surface area contributed by atoms with Crippen LogP contribution in [0.3, 0.4) is 0 Å². The molecule has 2 aromatic carbocycles. The van der Waals surface area contributed by atoms with Gasteiger partial charge in [0.2, 0.25) is 12.7 Å². The second-order valence-electron chi connectivity index (χ2n) is 6.13. The van der Waals surface area contributed by atoms with Crippen LogP contribution in [0.1, 0.15) is 18.1 Å². The Hall–Kier alpha value is -2.95. The Balaban J connectivity index is 1.49. The van der Waals surface area contributed by atoms with Crippen molar-refractivity contribution in [3.05, 3.63) is 59.8 Å². The molecule has 0 spiro atoms. The minimum Gasteiger partial charge on any atom is -0.454 e. The van der Waals surface area contributed by atoms with Gasteiger partial charge in [0.05, 0.1) is 6.42 Å². The fraction of sp³-hybridized carbons (Fsp3) is 0.250. The molecule has 1 N–H and O–H groups in total. The van der Waals surface area contributed by atoms with Crippen molar-refractivity contribution in [2.24, 2.45) is 0 Å². The van der Waals surface area contributed by atoms with E-state index in [0.29, 0.717) is 19.5 Å². The number of hydrogen-bond donors (Lipinski definition) is 1. The first-order valence-corrected chi connectivity index (χ1v) is 8.46. The highest BCUT2D eigenvalue weighted by atomic mass is 16.7. The van der Waals surface area contributed by atoms with Crippen LogP contribution < -0.4 is 9.47 Å². The van der Waals surface area contributed by atoms with E-state index in [-0.39, 0.29) is 12.7 Å². The van der Waals surface area contributed by atoms with E-state index in [1.54, 1.807) is 0 Å². The number of benzene rings is 2. The lowest BCUT2D eigenvalue weighted by molar-refractivity contribution is -0.130. The third-order valence-corrected chi connectivity index (χ3v) is 4.56. The minimum absolute atomic E-state index is 0.116. The van der Waals surface area contributed by atoms with Gasteiger partial charge in [-0.1, -0.05) is 24.3 Å². The van der Waals surface area contributed by atoms with Crippen LogP contribution in [0.2, 0.25) is 0 Å². The quantitative estimate of drug-likeness (QED) is 0.776. The molecule has 1 aliphatic heterocycles. The summed E-state index contributed by atoms with van der Waals surface area (Å²) in [5.41, 5.74) is 3.13. The van der Waals surface area contributed by atoms with Crippen LogP contribution in [0.25, 0.3) is 10.9 Å². The fourth-order valence-electron chi connectivity index (χ4n) is 3.19. The van der Waals surface area contributed by atoms with Gasteiger partial charge in [0, 0.05) is 30.2 Å². The van der Waals surface area contributed by atoms with Crippen molar-refractivity contribution in [1.82, 2.24) is 9.88 Å². The number of para-hydroxylation sites is 1. The lowest BCUT2D eigenvalue weighted by Crippen LogP contribution is -2.31. The zero-order valence-corrected chi connectivity index (χ0v) is 14.1. The number of ether oxygens (including phenoxy) is 2. The molecule has 1 amide bonds. The number of fused-ring (bicyclic) bond motifs is 2. The first-order valence-electron chi connectivity index (χ1n) is 8.46. The summed E-state index contributed by atoms with van der Waals surface area (Å²) in [5.74, 6) is 1.62. The molecular formula is C20H20N2O3. The lowest BCUT2D eigenvalue weighted by Gasteiger charge is -2.21. The molecule has 25 heavy (non-hydrogen) atoms. The number of likely N-dealkylation sites (N-methyl/N-ethyl adjacent to an activating group) is 1. The molecule has 0 bridgehead atoms. The van der Waals surface area contributed by atoms with Gasteiger partial charge in [0.15, 0.2) is 11.5 Å². The number of rotatable bonds is 5. The van der Waals surface area contributed by atoms with Gasteiger partial charge in [-0.25, -0.2) is 0 Å². The normalized spacial score (nSPS) is 12.5. The predicted octanol–water partition coefficient (Wildman–Crippen LogP) is 3.49. The molecule has 0 saturated carbocycles. The van der Waals surface area contributed by atoms with Gasteiger partial charge in [0.1, 0.15) is 0 Å². The smallest absolute Gasteiger partial charge is 0.231 e. The SMILES string of the molecule is CCN(Cc1ccc2c(c1)OCO2)C(=O)Cc1c[nH]c2ccccc12. The molecule has 0 unspecified atom stereocenters. The molecule has 2 heterocycles. The molecule has 5 heteroatoms. The Kier molecular flexibility index (Phi) is 4.06. The molecule has 128 valence electrons. The molecule has 1 aliphatic rings. The van der Waals surface area contributed by atoms with E-state index < -0.39 is 0 Å².